The highest BCUT2D eigenvalue weighted by molar-refractivity contribution is 6.19. The van der Waals surface area contributed by atoms with E-state index in [9.17, 15) is 24.0 Å². The zero-order valence-corrected chi connectivity index (χ0v) is 17.5. The molecule has 9 nitrogen and oxygen atoms in total. The van der Waals surface area contributed by atoms with Crippen LogP contribution in [0.4, 0.5) is 11.4 Å². The number of benzene rings is 2. The van der Waals surface area contributed by atoms with Gasteiger partial charge >= 0.3 is 11.9 Å². The number of hydrogen-bond donors (Lipinski definition) is 0. The van der Waals surface area contributed by atoms with E-state index in [4.69, 9.17) is 9.47 Å². The molecule has 9 heteroatoms. The molecule has 1 aliphatic heterocycles. The number of ether oxygens (including phenoxy) is 2. The fraction of sp³-hybridized carbons (Fsp3) is 0.261. The Labute approximate surface area is 184 Å². The van der Waals surface area contributed by atoms with Gasteiger partial charge in [-0.15, -0.1) is 0 Å². The van der Waals surface area contributed by atoms with Gasteiger partial charge in [-0.25, -0.2) is 4.79 Å². The minimum absolute atomic E-state index is 0.150. The lowest BCUT2D eigenvalue weighted by Gasteiger charge is -2.21. The molecular weight excluding hydrogens is 416 g/mol. The highest BCUT2D eigenvalue weighted by atomic mass is 16.5. The summed E-state index contributed by atoms with van der Waals surface area (Å²) in [5, 5.41) is 0. The van der Waals surface area contributed by atoms with E-state index in [0.29, 0.717) is 11.4 Å². The Morgan fingerprint density at radius 2 is 1.53 bits per heavy atom. The van der Waals surface area contributed by atoms with Crippen molar-refractivity contribution in [1.82, 2.24) is 0 Å². The van der Waals surface area contributed by atoms with E-state index in [2.05, 4.69) is 0 Å². The molecule has 1 fully saturated rings. The molecule has 166 valence electrons. The lowest BCUT2D eigenvalue weighted by atomic mass is 10.2. The second-order valence-corrected chi connectivity index (χ2v) is 6.87. The van der Waals surface area contributed by atoms with Crippen molar-refractivity contribution in [3.63, 3.8) is 0 Å². The summed E-state index contributed by atoms with van der Waals surface area (Å²) in [5.41, 5.74) is 0.984. The summed E-state index contributed by atoms with van der Waals surface area (Å²) in [6.07, 6.45) is 0.322. The first-order valence-electron chi connectivity index (χ1n) is 10.0. The van der Waals surface area contributed by atoms with Gasteiger partial charge in [-0.2, -0.15) is 0 Å². The molecule has 0 atom stereocenters. The molecular formula is C23H22N2O7. The van der Waals surface area contributed by atoms with Crippen molar-refractivity contribution in [2.24, 2.45) is 0 Å². The fourth-order valence-corrected chi connectivity index (χ4v) is 3.17. The normalized spacial score (nSPS) is 13.1. The van der Waals surface area contributed by atoms with Crippen molar-refractivity contribution in [3.05, 3.63) is 60.2 Å². The van der Waals surface area contributed by atoms with Gasteiger partial charge in [0.1, 0.15) is 6.54 Å². The highest BCUT2D eigenvalue weighted by Gasteiger charge is 2.30. The first kappa shape index (κ1) is 22.7. The van der Waals surface area contributed by atoms with Gasteiger partial charge in [0.05, 0.1) is 17.9 Å². The van der Waals surface area contributed by atoms with Crippen molar-refractivity contribution in [2.75, 3.05) is 29.6 Å². The van der Waals surface area contributed by atoms with E-state index < -0.39 is 24.5 Å². The Balaban J connectivity index is 1.64. The number of rotatable bonds is 8. The van der Waals surface area contributed by atoms with E-state index >= 15 is 0 Å². The highest BCUT2D eigenvalue weighted by Crippen LogP contribution is 2.23. The number of anilines is 2. The largest absolute Gasteiger partial charge is 0.465 e. The Hall–Kier alpha value is -4.01. The maximum absolute atomic E-state index is 12.7. The van der Waals surface area contributed by atoms with Gasteiger partial charge < -0.3 is 9.47 Å². The third-order valence-corrected chi connectivity index (χ3v) is 4.70. The van der Waals surface area contributed by atoms with Gasteiger partial charge in [0.2, 0.25) is 11.8 Å². The van der Waals surface area contributed by atoms with Crippen LogP contribution in [0.15, 0.2) is 54.6 Å². The maximum atomic E-state index is 12.7. The number of amides is 3. The van der Waals surface area contributed by atoms with Gasteiger partial charge in [0.25, 0.3) is 5.91 Å². The quantitative estimate of drug-likeness (QED) is 0.458. The third kappa shape index (κ3) is 5.37. The zero-order chi connectivity index (χ0) is 23.1. The number of carbonyl (C=O) groups is 5. The molecule has 0 radical (unpaired) electrons. The molecule has 0 N–H and O–H groups in total. The van der Waals surface area contributed by atoms with Crippen molar-refractivity contribution in [1.29, 1.82) is 0 Å². The van der Waals surface area contributed by atoms with Crippen LogP contribution in [0, 0.1) is 0 Å². The molecule has 0 aromatic heterocycles. The van der Waals surface area contributed by atoms with Crippen LogP contribution in [0.5, 0.6) is 0 Å². The third-order valence-electron chi connectivity index (χ3n) is 4.70. The maximum Gasteiger partial charge on any atom is 0.338 e. The molecule has 0 spiro atoms. The topological polar surface area (TPSA) is 110 Å². The minimum Gasteiger partial charge on any atom is -0.465 e. The van der Waals surface area contributed by atoms with Crippen LogP contribution >= 0.6 is 0 Å². The predicted octanol–water partition coefficient (Wildman–Crippen LogP) is 2.09. The van der Waals surface area contributed by atoms with Crippen molar-refractivity contribution >= 4 is 41.0 Å². The molecule has 3 rings (SSSR count). The molecule has 2 aromatic rings. The van der Waals surface area contributed by atoms with Gasteiger partial charge in [0, 0.05) is 18.5 Å². The number of para-hydroxylation sites is 1. The lowest BCUT2D eigenvalue weighted by Crippen LogP contribution is -2.39. The Morgan fingerprint density at radius 3 is 2.12 bits per heavy atom. The first-order valence-corrected chi connectivity index (χ1v) is 10.0. The summed E-state index contributed by atoms with van der Waals surface area (Å²) < 4.78 is 10.0. The predicted molar refractivity (Wildman–Crippen MR) is 114 cm³/mol. The fourth-order valence-electron chi connectivity index (χ4n) is 3.17. The van der Waals surface area contributed by atoms with E-state index in [1.54, 1.807) is 37.3 Å². The van der Waals surface area contributed by atoms with Gasteiger partial charge in [-0.1, -0.05) is 18.2 Å². The Bertz CT molecular complexity index is 1000. The van der Waals surface area contributed by atoms with Crippen molar-refractivity contribution < 1.29 is 33.4 Å². The van der Waals surface area contributed by atoms with E-state index in [1.165, 1.54) is 29.2 Å². The van der Waals surface area contributed by atoms with Crippen LogP contribution in [-0.4, -0.2) is 49.4 Å². The summed E-state index contributed by atoms with van der Waals surface area (Å²) in [7, 11) is 0. The van der Waals surface area contributed by atoms with Gasteiger partial charge in [0.15, 0.2) is 6.61 Å². The number of nitrogens with zero attached hydrogens (tertiary/aromatic N) is 2. The smallest absolute Gasteiger partial charge is 0.338 e. The number of esters is 2. The van der Waals surface area contributed by atoms with Crippen LogP contribution in [0.25, 0.3) is 0 Å². The van der Waals surface area contributed by atoms with Crippen molar-refractivity contribution in [3.8, 4) is 0 Å². The van der Waals surface area contributed by atoms with E-state index in [0.717, 1.165) is 4.90 Å². The number of hydrogen-bond acceptors (Lipinski definition) is 7. The summed E-state index contributed by atoms with van der Waals surface area (Å²) >= 11 is 0. The molecule has 1 saturated heterocycles. The molecule has 0 unspecified atom stereocenters. The van der Waals surface area contributed by atoms with E-state index in [1.807, 2.05) is 0 Å². The SMILES string of the molecule is CCOC(=O)CN(C(=O)COC(=O)c1ccc(N2C(=O)CCC2=O)cc1)c1ccccc1. The molecule has 2 aromatic carbocycles. The van der Waals surface area contributed by atoms with Crippen molar-refractivity contribution in [2.45, 2.75) is 19.8 Å². The standard InChI is InChI=1S/C23H22N2O7/c1-2-31-22(29)14-24(17-6-4-3-5-7-17)21(28)15-32-23(30)16-8-10-18(11-9-16)25-19(26)12-13-20(25)27/h3-11H,2,12-15H2,1H3. The molecule has 1 aliphatic rings. The van der Waals surface area contributed by atoms with Crippen LogP contribution in [-0.2, 0) is 28.7 Å². The summed E-state index contributed by atoms with van der Waals surface area (Å²) in [4.78, 5) is 62.8. The average molecular weight is 438 g/mol. The van der Waals surface area contributed by atoms with E-state index in [-0.39, 0.29) is 43.4 Å². The molecule has 0 saturated carbocycles. The average Bonchev–Trinajstić information content (AvgIpc) is 3.14. The lowest BCUT2D eigenvalue weighted by molar-refractivity contribution is -0.142. The number of carbonyl (C=O) groups excluding carboxylic acids is 5. The van der Waals surface area contributed by atoms with Gasteiger partial charge in [-0.3, -0.25) is 29.0 Å². The van der Waals surface area contributed by atoms with Crippen LogP contribution < -0.4 is 9.80 Å². The molecule has 3 amide bonds. The second-order valence-electron chi connectivity index (χ2n) is 6.87. The summed E-state index contributed by atoms with van der Waals surface area (Å²) in [6, 6.07) is 14.3. The first-order chi connectivity index (χ1) is 15.4. The molecule has 32 heavy (non-hydrogen) atoms. The summed E-state index contributed by atoms with van der Waals surface area (Å²) in [6.45, 7) is 0.934. The molecule has 1 heterocycles. The monoisotopic (exact) mass is 438 g/mol. The van der Waals surface area contributed by atoms with Crippen LogP contribution in [0.1, 0.15) is 30.1 Å². The van der Waals surface area contributed by atoms with Gasteiger partial charge in [-0.05, 0) is 43.3 Å². The van der Waals surface area contributed by atoms with Crippen LogP contribution in [0.3, 0.4) is 0 Å². The minimum atomic E-state index is -0.756. The number of imide groups is 1. The summed E-state index contributed by atoms with van der Waals surface area (Å²) in [5.74, 6) is -2.52. The molecule has 0 aliphatic carbocycles. The molecule has 0 bridgehead atoms. The Morgan fingerprint density at radius 1 is 0.906 bits per heavy atom. The Kier molecular flexibility index (Phi) is 7.33. The van der Waals surface area contributed by atoms with Crippen LogP contribution in [0.2, 0.25) is 0 Å². The zero-order valence-electron chi connectivity index (χ0n) is 17.5. The second kappa shape index (κ2) is 10.3.